The molecule has 1 amide bonds. The van der Waals surface area contributed by atoms with Gasteiger partial charge < -0.3 is 20.1 Å². The van der Waals surface area contributed by atoms with E-state index in [1.165, 1.54) is 17.8 Å². The maximum atomic E-state index is 12.5. The van der Waals surface area contributed by atoms with Crippen LogP contribution < -0.4 is 10.9 Å². The normalized spacial score (nSPS) is 10.9. The van der Waals surface area contributed by atoms with E-state index in [4.69, 9.17) is 5.11 Å². The molecule has 0 aliphatic heterocycles. The Morgan fingerprint density at radius 1 is 1.35 bits per heavy atom. The van der Waals surface area contributed by atoms with Crippen LogP contribution in [-0.4, -0.2) is 46.3 Å². The van der Waals surface area contributed by atoms with E-state index < -0.39 is 43.4 Å². The van der Waals surface area contributed by atoms with Gasteiger partial charge in [0.2, 0.25) is 0 Å². The predicted molar refractivity (Wildman–Crippen MR) is 98.8 cm³/mol. The lowest BCUT2D eigenvalue weighted by Gasteiger charge is -2.11. The number of aliphatic carboxylic acids is 1. The Labute approximate surface area is 150 Å². The van der Waals surface area contributed by atoms with Gasteiger partial charge in [-0.3, -0.25) is 14.4 Å². The van der Waals surface area contributed by atoms with Crippen LogP contribution in [0, 0.1) is 11.5 Å². The molecule has 2 heterocycles. The van der Waals surface area contributed by atoms with E-state index in [-0.39, 0.29) is 5.52 Å². The summed E-state index contributed by atoms with van der Waals surface area (Å²) in [4.78, 5) is 39.2. The van der Waals surface area contributed by atoms with E-state index in [0.717, 1.165) is 0 Å². The quantitative estimate of drug-likeness (QED) is 0.537. The monoisotopic (exact) mass is 373 g/mol. The molecule has 136 valence electrons. The van der Waals surface area contributed by atoms with E-state index in [0.29, 0.717) is 11.1 Å². The fraction of sp³-hybridized carbons (Fsp3) is 0.294. The summed E-state index contributed by atoms with van der Waals surface area (Å²) in [5.41, 5.74) is 2.87. The second-order valence-electron chi connectivity index (χ2n) is 6.76. The number of aromatic hydroxyl groups is 1. The van der Waals surface area contributed by atoms with Crippen molar-refractivity contribution in [2.45, 2.75) is 19.6 Å². The van der Waals surface area contributed by atoms with E-state index in [2.05, 4.69) is 41.4 Å². The van der Waals surface area contributed by atoms with Gasteiger partial charge >= 0.3 is 5.97 Å². The molecule has 0 aliphatic carbocycles. The Morgan fingerprint density at radius 3 is 2.58 bits per heavy atom. The Bertz CT molecular complexity index is 1030. The van der Waals surface area contributed by atoms with Gasteiger partial charge in [-0.2, -0.15) is 0 Å². The number of aromatic nitrogens is 2. The second kappa shape index (κ2) is 7.01. The summed E-state index contributed by atoms with van der Waals surface area (Å²) in [5, 5.41) is 21.0. The molecule has 3 N–H and O–H groups in total. The van der Waals surface area contributed by atoms with Gasteiger partial charge in [-0.15, -0.1) is 5.54 Å². The van der Waals surface area contributed by atoms with Crippen LogP contribution in [0.3, 0.4) is 0 Å². The van der Waals surface area contributed by atoms with Crippen molar-refractivity contribution in [2.24, 2.45) is 7.05 Å². The molecule has 0 saturated carbocycles. The maximum Gasteiger partial charge on any atom is 0.322 e. The SMILES string of the molecule is Cn1c(=O)c(C(=O)NCC(=O)O)c(O)c2ncc(C#C[Si](C)(C)C)cc21. The van der Waals surface area contributed by atoms with Gasteiger partial charge in [0.1, 0.15) is 25.7 Å². The van der Waals surface area contributed by atoms with E-state index in [1.54, 1.807) is 6.07 Å². The van der Waals surface area contributed by atoms with Gasteiger partial charge in [-0.25, -0.2) is 4.98 Å². The molecule has 0 spiro atoms. The molecular formula is C17H19N3O5Si. The number of hydrogen-bond acceptors (Lipinski definition) is 5. The van der Waals surface area contributed by atoms with Crippen LogP contribution in [0.25, 0.3) is 11.0 Å². The van der Waals surface area contributed by atoms with Gasteiger partial charge in [0.15, 0.2) is 5.75 Å². The number of carbonyl (C=O) groups excluding carboxylic acids is 1. The van der Waals surface area contributed by atoms with Crippen LogP contribution in [0.1, 0.15) is 15.9 Å². The lowest BCUT2D eigenvalue weighted by atomic mass is 10.1. The maximum absolute atomic E-state index is 12.5. The van der Waals surface area contributed by atoms with Crippen molar-refractivity contribution in [3.8, 4) is 17.2 Å². The molecule has 0 fully saturated rings. The third kappa shape index (κ3) is 4.10. The summed E-state index contributed by atoms with van der Waals surface area (Å²) in [6.45, 7) is 5.62. The van der Waals surface area contributed by atoms with Gasteiger partial charge in [-0.1, -0.05) is 25.6 Å². The van der Waals surface area contributed by atoms with Crippen LogP contribution >= 0.6 is 0 Å². The smallest absolute Gasteiger partial charge is 0.322 e. The summed E-state index contributed by atoms with van der Waals surface area (Å²) >= 11 is 0. The highest BCUT2D eigenvalue weighted by atomic mass is 28.3. The molecule has 2 aromatic heterocycles. The topological polar surface area (TPSA) is 122 Å². The minimum atomic E-state index is -1.59. The predicted octanol–water partition coefficient (Wildman–Crippen LogP) is 0.682. The molecule has 26 heavy (non-hydrogen) atoms. The lowest BCUT2D eigenvalue weighted by molar-refractivity contribution is -0.135. The van der Waals surface area contributed by atoms with Gasteiger partial charge in [0.05, 0.1) is 5.52 Å². The average molecular weight is 373 g/mol. The zero-order chi connectivity index (χ0) is 19.6. The van der Waals surface area contributed by atoms with Crippen molar-refractivity contribution in [3.63, 3.8) is 0 Å². The van der Waals surface area contributed by atoms with Gasteiger partial charge in [0, 0.05) is 18.8 Å². The van der Waals surface area contributed by atoms with Crippen molar-refractivity contribution >= 4 is 31.0 Å². The van der Waals surface area contributed by atoms with Crippen molar-refractivity contribution in [2.75, 3.05) is 6.54 Å². The number of carboxylic acid groups (broad SMARTS) is 1. The minimum Gasteiger partial charge on any atom is -0.505 e. The fourth-order valence-electron chi connectivity index (χ4n) is 2.17. The van der Waals surface area contributed by atoms with Gasteiger partial charge in [-0.05, 0) is 6.07 Å². The molecule has 0 aliphatic rings. The van der Waals surface area contributed by atoms with Gasteiger partial charge in [0.25, 0.3) is 11.5 Å². The number of aryl methyl sites for hydroxylation is 1. The first-order chi connectivity index (χ1) is 12.0. The number of carbonyl (C=O) groups is 2. The molecule has 2 rings (SSSR count). The number of nitrogens with zero attached hydrogens (tertiary/aromatic N) is 2. The summed E-state index contributed by atoms with van der Waals surface area (Å²) in [7, 11) is -0.153. The van der Waals surface area contributed by atoms with Crippen LogP contribution in [0.15, 0.2) is 17.1 Å². The third-order valence-corrected chi connectivity index (χ3v) is 4.29. The molecule has 9 heteroatoms. The minimum absolute atomic E-state index is 0.0612. The number of carboxylic acids is 1. The molecule has 0 atom stereocenters. The largest absolute Gasteiger partial charge is 0.505 e. The number of rotatable bonds is 3. The molecule has 8 nitrogen and oxygen atoms in total. The number of amides is 1. The van der Waals surface area contributed by atoms with E-state index >= 15 is 0 Å². The highest BCUT2D eigenvalue weighted by Gasteiger charge is 2.22. The zero-order valence-electron chi connectivity index (χ0n) is 14.9. The first kappa shape index (κ1) is 19.2. The Morgan fingerprint density at radius 2 is 2.00 bits per heavy atom. The third-order valence-electron chi connectivity index (χ3n) is 3.42. The van der Waals surface area contributed by atoms with Crippen LogP contribution in [0.5, 0.6) is 5.75 Å². The number of nitrogens with one attached hydrogen (secondary N) is 1. The molecule has 0 aromatic carbocycles. The first-order valence-corrected chi connectivity index (χ1v) is 11.3. The average Bonchev–Trinajstić information content (AvgIpc) is 2.55. The molecular weight excluding hydrogens is 354 g/mol. The van der Waals surface area contributed by atoms with Crippen molar-refractivity contribution < 1.29 is 19.8 Å². The number of hydrogen-bond donors (Lipinski definition) is 3. The fourth-order valence-corrected chi connectivity index (χ4v) is 2.68. The van der Waals surface area contributed by atoms with Crippen LogP contribution in [-0.2, 0) is 11.8 Å². The Hall–Kier alpha value is -3.12. The molecule has 0 unspecified atom stereocenters. The van der Waals surface area contributed by atoms with Crippen LogP contribution in [0.2, 0.25) is 19.6 Å². The Kier molecular flexibility index (Phi) is 5.18. The van der Waals surface area contributed by atoms with Crippen LogP contribution in [0.4, 0.5) is 0 Å². The second-order valence-corrected chi connectivity index (χ2v) is 11.5. The number of fused-ring (bicyclic) bond motifs is 1. The lowest BCUT2D eigenvalue weighted by Crippen LogP contribution is -2.35. The zero-order valence-corrected chi connectivity index (χ0v) is 15.9. The first-order valence-electron chi connectivity index (χ1n) is 7.76. The van der Waals surface area contributed by atoms with E-state index in [9.17, 15) is 19.5 Å². The molecule has 0 bridgehead atoms. The van der Waals surface area contributed by atoms with E-state index in [1.807, 2.05) is 0 Å². The van der Waals surface area contributed by atoms with Crippen molar-refractivity contribution in [1.29, 1.82) is 0 Å². The standard InChI is InChI=1S/C17H19N3O5Si/c1-20-11-7-10(5-6-26(2,3)4)8-18-14(11)15(23)13(17(20)25)16(24)19-9-12(21)22/h7-8,23H,9H2,1-4H3,(H,19,24)(H,21,22). The summed E-state index contributed by atoms with van der Waals surface area (Å²) in [6.07, 6.45) is 1.46. The van der Waals surface area contributed by atoms with Crippen molar-refractivity contribution in [1.82, 2.24) is 14.9 Å². The summed E-state index contributed by atoms with van der Waals surface area (Å²) in [5.74, 6) is 0.194. The summed E-state index contributed by atoms with van der Waals surface area (Å²) in [6, 6.07) is 1.62. The number of pyridine rings is 2. The molecule has 0 saturated heterocycles. The Balaban J connectivity index is 2.60. The highest BCUT2D eigenvalue weighted by molar-refractivity contribution is 6.83. The molecule has 2 aromatic rings. The highest BCUT2D eigenvalue weighted by Crippen LogP contribution is 2.24. The van der Waals surface area contributed by atoms with Crippen molar-refractivity contribution in [3.05, 3.63) is 33.7 Å². The summed E-state index contributed by atoms with van der Waals surface area (Å²) < 4.78 is 1.18. The molecule has 0 radical (unpaired) electrons.